The Balaban J connectivity index is 1.70. The Bertz CT molecular complexity index is 1320. The highest BCUT2D eigenvalue weighted by molar-refractivity contribution is 6.30. The molecule has 4 aromatic rings. The zero-order valence-electron chi connectivity index (χ0n) is 18.5. The highest BCUT2D eigenvalue weighted by Crippen LogP contribution is 2.33. The van der Waals surface area contributed by atoms with Crippen molar-refractivity contribution in [3.8, 4) is 28.5 Å². The van der Waals surface area contributed by atoms with Gasteiger partial charge in [-0.15, -0.1) is 0 Å². The number of aromatic nitrogens is 1. The number of amides is 1. The maximum atomic E-state index is 13.0. The van der Waals surface area contributed by atoms with E-state index in [0.29, 0.717) is 40.1 Å². The SMILES string of the molecule is CCOc1cc(-c2cccc(Cl)c2)nc2ccc(C(=O)Nc3ccc(OC)cc3OC)cc12. The van der Waals surface area contributed by atoms with Gasteiger partial charge in [0, 0.05) is 33.7 Å². The van der Waals surface area contributed by atoms with Gasteiger partial charge in [-0.05, 0) is 49.4 Å². The molecule has 168 valence electrons. The van der Waals surface area contributed by atoms with Crippen molar-refractivity contribution in [2.24, 2.45) is 0 Å². The fourth-order valence-electron chi connectivity index (χ4n) is 3.50. The summed E-state index contributed by atoms with van der Waals surface area (Å²) in [5.41, 5.74) is 3.36. The number of halogens is 1. The van der Waals surface area contributed by atoms with Crippen molar-refractivity contribution in [3.05, 3.63) is 77.3 Å². The molecule has 4 rings (SSSR count). The molecule has 0 bridgehead atoms. The summed E-state index contributed by atoms with van der Waals surface area (Å²) in [6.07, 6.45) is 0. The molecule has 0 radical (unpaired) electrons. The Kier molecular flexibility index (Phi) is 6.66. The predicted molar refractivity (Wildman–Crippen MR) is 131 cm³/mol. The van der Waals surface area contributed by atoms with E-state index in [4.69, 9.17) is 30.8 Å². The molecule has 6 nitrogen and oxygen atoms in total. The molecular formula is C26H23ClN2O4. The molecular weight excluding hydrogens is 440 g/mol. The van der Waals surface area contributed by atoms with E-state index in [-0.39, 0.29) is 5.91 Å². The summed E-state index contributed by atoms with van der Waals surface area (Å²) in [6, 6.07) is 19.9. The molecule has 0 fully saturated rings. The highest BCUT2D eigenvalue weighted by Gasteiger charge is 2.15. The van der Waals surface area contributed by atoms with E-state index < -0.39 is 0 Å². The summed E-state index contributed by atoms with van der Waals surface area (Å²) in [6.45, 7) is 2.39. The maximum absolute atomic E-state index is 13.0. The van der Waals surface area contributed by atoms with Gasteiger partial charge in [0.25, 0.3) is 5.91 Å². The fourth-order valence-corrected chi connectivity index (χ4v) is 3.69. The van der Waals surface area contributed by atoms with Crippen LogP contribution in [0.15, 0.2) is 66.7 Å². The predicted octanol–water partition coefficient (Wildman–Crippen LogP) is 6.22. The van der Waals surface area contributed by atoms with Gasteiger partial charge in [0.15, 0.2) is 0 Å². The minimum Gasteiger partial charge on any atom is -0.497 e. The molecule has 0 aliphatic heterocycles. The lowest BCUT2D eigenvalue weighted by molar-refractivity contribution is 0.102. The van der Waals surface area contributed by atoms with E-state index in [9.17, 15) is 4.79 Å². The number of nitrogens with one attached hydrogen (secondary N) is 1. The average Bonchev–Trinajstić information content (AvgIpc) is 2.84. The van der Waals surface area contributed by atoms with Crippen LogP contribution in [0.3, 0.4) is 0 Å². The molecule has 3 aromatic carbocycles. The third kappa shape index (κ3) is 4.86. The molecule has 1 N–H and O–H groups in total. The number of fused-ring (bicyclic) bond motifs is 1. The Morgan fingerprint density at radius 1 is 0.970 bits per heavy atom. The summed E-state index contributed by atoms with van der Waals surface area (Å²) < 4.78 is 16.5. The van der Waals surface area contributed by atoms with Crippen LogP contribution in [0.25, 0.3) is 22.2 Å². The van der Waals surface area contributed by atoms with Crippen LogP contribution in [0.4, 0.5) is 5.69 Å². The molecule has 0 saturated carbocycles. The molecule has 1 heterocycles. The van der Waals surface area contributed by atoms with Gasteiger partial charge in [0.2, 0.25) is 0 Å². The van der Waals surface area contributed by atoms with Gasteiger partial charge < -0.3 is 19.5 Å². The lowest BCUT2D eigenvalue weighted by Crippen LogP contribution is -2.12. The number of rotatable bonds is 7. The van der Waals surface area contributed by atoms with Crippen LogP contribution in [-0.2, 0) is 0 Å². The van der Waals surface area contributed by atoms with Crippen molar-refractivity contribution in [1.29, 1.82) is 0 Å². The lowest BCUT2D eigenvalue weighted by Gasteiger charge is -2.13. The van der Waals surface area contributed by atoms with Crippen LogP contribution in [0.5, 0.6) is 17.2 Å². The van der Waals surface area contributed by atoms with Gasteiger partial charge in [0.1, 0.15) is 17.2 Å². The number of nitrogens with zero attached hydrogens (tertiary/aromatic N) is 1. The largest absolute Gasteiger partial charge is 0.497 e. The number of pyridine rings is 1. The second-order valence-corrected chi connectivity index (χ2v) is 7.64. The molecule has 33 heavy (non-hydrogen) atoms. The first-order chi connectivity index (χ1) is 16.0. The van der Waals surface area contributed by atoms with Gasteiger partial charge in [0.05, 0.1) is 37.7 Å². The number of carbonyl (C=O) groups excluding carboxylic acids is 1. The molecule has 0 spiro atoms. The molecule has 0 saturated heterocycles. The standard InChI is InChI=1S/C26H23ClN2O4/c1-4-33-24-15-23(16-6-5-7-18(27)12-16)28-21-10-8-17(13-20(21)24)26(30)29-22-11-9-19(31-2)14-25(22)32-3/h5-15H,4H2,1-3H3,(H,29,30). The van der Waals surface area contributed by atoms with E-state index in [0.717, 1.165) is 22.2 Å². The quantitative estimate of drug-likeness (QED) is 0.353. The smallest absolute Gasteiger partial charge is 0.255 e. The third-order valence-corrected chi connectivity index (χ3v) is 5.35. The highest BCUT2D eigenvalue weighted by atomic mass is 35.5. The number of carbonyl (C=O) groups is 1. The number of benzene rings is 3. The Morgan fingerprint density at radius 2 is 1.82 bits per heavy atom. The van der Waals surface area contributed by atoms with E-state index in [1.807, 2.05) is 43.3 Å². The lowest BCUT2D eigenvalue weighted by atomic mass is 10.1. The first-order valence-electron chi connectivity index (χ1n) is 10.4. The van der Waals surface area contributed by atoms with Gasteiger partial charge >= 0.3 is 0 Å². The van der Waals surface area contributed by atoms with Gasteiger partial charge in [-0.2, -0.15) is 0 Å². The van der Waals surface area contributed by atoms with Crippen LogP contribution in [0, 0.1) is 0 Å². The van der Waals surface area contributed by atoms with Crippen LogP contribution in [0.2, 0.25) is 5.02 Å². The zero-order valence-corrected chi connectivity index (χ0v) is 19.3. The van der Waals surface area contributed by atoms with Crippen molar-refractivity contribution in [1.82, 2.24) is 4.98 Å². The van der Waals surface area contributed by atoms with E-state index >= 15 is 0 Å². The Hall–Kier alpha value is -3.77. The van der Waals surface area contributed by atoms with E-state index in [1.54, 1.807) is 37.4 Å². The van der Waals surface area contributed by atoms with Crippen LogP contribution in [-0.4, -0.2) is 31.7 Å². The monoisotopic (exact) mass is 462 g/mol. The minimum atomic E-state index is -0.276. The number of anilines is 1. The van der Waals surface area contributed by atoms with Crippen LogP contribution < -0.4 is 19.5 Å². The second-order valence-electron chi connectivity index (χ2n) is 7.20. The molecule has 0 unspecified atom stereocenters. The van der Waals surface area contributed by atoms with Gasteiger partial charge in [-0.25, -0.2) is 4.98 Å². The Labute approximate surface area is 197 Å². The summed E-state index contributed by atoms with van der Waals surface area (Å²) in [7, 11) is 3.11. The minimum absolute atomic E-state index is 0.276. The first-order valence-corrected chi connectivity index (χ1v) is 10.8. The van der Waals surface area contributed by atoms with Crippen molar-refractivity contribution < 1.29 is 19.0 Å². The van der Waals surface area contributed by atoms with Crippen molar-refractivity contribution in [2.45, 2.75) is 6.92 Å². The fraction of sp³-hybridized carbons (Fsp3) is 0.154. The molecule has 7 heteroatoms. The van der Waals surface area contributed by atoms with Crippen molar-refractivity contribution in [3.63, 3.8) is 0 Å². The van der Waals surface area contributed by atoms with Gasteiger partial charge in [-0.1, -0.05) is 23.7 Å². The van der Waals surface area contributed by atoms with Crippen LogP contribution >= 0.6 is 11.6 Å². The van der Waals surface area contributed by atoms with Crippen molar-refractivity contribution >= 4 is 34.1 Å². The summed E-state index contributed by atoms with van der Waals surface area (Å²) >= 11 is 6.16. The maximum Gasteiger partial charge on any atom is 0.255 e. The number of hydrogen-bond acceptors (Lipinski definition) is 5. The number of hydrogen-bond donors (Lipinski definition) is 1. The molecule has 1 aromatic heterocycles. The molecule has 1 amide bonds. The summed E-state index contributed by atoms with van der Waals surface area (Å²) in [5.74, 6) is 1.51. The van der Waals surface area contributed by atoms with Gasteiger partial charge in [-0.3, -0.25) is 4.79 Å². The zero-order chi connectivity index (χ0) is 23.4. The summed E-state index contributed by atoms with van der Waals surface area (Å²) in [4.78, 5) is 17.8. The second kappa shape index (κ2) is 9.79. The number of ether oxygens (including phenoxy) is 3. The molecule has 0 aliphatic carbocycles. The average molecular weight is 463 g/mol. The Morgan fingerprint density at radius 3 is 2.55 bits per heavy atom. The normalized spacial score (nSPS) is 10.7. The van der Waals surface area contributed by atoms with Crippen molar-refractivity contribution in [2.75, 3.05) is 26.1 Å². The molecule has 0 atom stereocenters. The first kappa shape index (κ1) is 22.4. The van der Waals surface area contributed by atoms with E-state index in [2.05, 4.69) is 5.32 Å². The number of methoxy groups -OCH3 is 2. The summed E-state index contributed by atoms with van der Waals surface area (Å²) in [5, 5.41) is 4.27. The van der Waals surface area contributed by atoms with E-state index in [1.165, 1.54) is 7.11 Å². The third-order valence-electron chi connectivity index (χ3n) is 5.11. The topological polar surface area (TPSA) is 69.7 Å². The van der Waals surface area contributed by atoms with Crippen LogP contribution in [0.1, 0.15) is 17.3 Å². The molecule has 0 aliphatic rings.